The van der Waals surface area contributed by atoms with E-state index >= 15 is 0 Å². The normalized spacial score (nSPS) is 11.1. The maximum Gasteiger partial charge on any atom is 0.301 e. The van der Waals surface area contributed by atoms with Crippen molar-refractivity contribution in [1.29, 1.82) is 0 Å². The Morgan fingerprint density at radius 1 is 1.50 bits per heavy atom. The van der Waals surface area contributed by atoms with E-state index in [0.29, 0.717) is 6.54 Å². The van der Waals surface area contributed by atoms with Gasteiger partial charge in [-0.2, -0.15) is 0 Å². The molecule has 0 aliphatic heterocycles. The number of carbonyl (C=O) groups is 1. The smallest absolute Gasteiger partial charge is 0.301 e. The largest absolute Gasteiger partial charge is 0.454 e. The molecule has 20 heavy (non-hydrogen) atoms. The van der Waals surface area contributed by atoms with Crippen LogP contribution in [0.3, 0.4) is 0 Å². The summed E-state index contributed by atoms with van der Waals surface area (Å²) < 4.78 is 6.66. The molecule has 2 heterocycles. The van der Waals surface area contributed by atoms with Crippen molar-refractivity contribution in [3.63, 3.8) is 0 Å². The molecule has 0 bridgehead atoms. The van der Waals surface area contributed by atoms with E-state index in [0.717, 1.165) is 21.7 Å². The number of carbonyl (C=O) groups excluding carboxylic acids is 1. The van der Waals surface area contributed by atoms with E-state index in [1.165, 1.54) is 5.56 Å². The van der Waals surface area contributed by atoms with Crippen LogP contribution in [0, 0.1) is 6.92 Å². The van der Waals surface area contributed by atoms with E-state index in [9.17, 15) is 4.79 Å². The monoisotopic (exact) mass is 357 g/mol. The zero-order valence-corrected chi connectivity index (χ0v) is 13.7. The number of nitrogens with one attached hydrogen (secondary N) is 1. The molecule has 2 rings (SSSR count). The Hall–Kier alpha value is -1.15. The summed E-state index contributed by atoms with van der Waals surface area (Å²) in [6.45, 7) is 3.28. The van der Waals surface area contributed by atoms with Crippen molar-refractivity contribution in [2.24, 2.45) is 5.84 Å². The second-order valence-corrected chi connectivity index (χ2v) is 6.92. The number of halogens is 1. The van der Waals surface area contributed by atoms with Crippen molar-refractivity contribution in [2.75, 3.05) is 7.05 Å². The summed E-state index contributed by atoms with van der Waals surface area (Å²) in [5.74, 6) is 5.73. The maximum atomic E-state index is 11.5. The van der Waals surface area contributed by atoms with Gasteiger partial charge >= 0.3 is 5.91 Å². The van der Waals surface area contributed by atoms with Crippen molar-refractivity contribution in [3.8, 4) is 0 Å². The SMILES string of the molecule is Cc1cc(CN(C)Cc2csc(Br)c2)oc1C(=O)NN. The fourth-order valence-electron chi connectivity index (χ4n) is 1.98. The molecule has 0 radical (unpaired) electrons. The Morgan fingerprint density at radius 2 is 2.25 bits per heavy atom. The molecule has 2 aromatic rings. The van der Waals surface area contributed by atoms with Crippen LogP contribution in [0.15, 0.2) is 25.7 Å². The fourth-order valence-corrected chi connectivity index (χ4v) is 3.18. The number of nitrogens with two attached hydrogens (primary N) is 1. The van der Waals surface area contributed by atoms with Gasteiger partial charge in [0, 0.05) is 12.1 Å². The van der Waals surface area contributed by atoms with Gasteiger partial charge in [0.25, 0.3) is 0 Å². The van der Waals surface area contributed by atoms with Crippen LogP contribution in [0.2, 0.25) is 0 Å². The Labute approximate surface area is 129 Å². The minimum absolute atomic E-state index is 0.272. The van der Waals surface area contributed by atoms with Crippen LogP contribution in [0.25, 0.3) is 0 Å². The Morgan fingerprint density at radius 3 is 2.85 bits per heavy atom. The second kappa shape index (κ2) is 6.53. The van der Waals surface area contributed by atoms with Crippen LogP contribution in [0.5, 0.6) is 0 Å². The maximum absolute atomic E-state index is 11.5. The molecule has 0 fully saturated rings. The van der Waals surface area contributed by atoms with Gasteiger partial charge in [-0.3, -0.25) is 15.1 Å². The second-order valence-electron chi connectivity index (χ2n) is 4.63. The average Bonchev–Trinajstić information content (AvgIpc) is 2.94. The van der Waals surface area contributed by atoms with Gasteiger partial charge < -0.3 is 4.42 Å². The minimum Gasteiger partial charge on any atom is -0.454 e. The quantitative estimate of drug-likeness (QED) is 0.490. The van der Waals surface area contributed by atoms with E-state index in [1.807, 2.05) is 20.0 Å². The van der Waals surface area contributed by atoms with Gasteiger partial charge in [0.1, 0.15) is 5.76 Å². The molecule has 0 atom stereocenters. The number of hydrogen-bond donors (Lipinski definition) is 2. The first kappa shape index (κ1) is 15.2. The number of hydrazine groups is 1. The van der Waals surface area contributed by atoms with E-state index in [-0.39, 0.29) is 5.76 Å². The van der Waals surface area contributed by atoms with Gasteiger partial charge in [0.15, 0.2) is 5.76 Å². The van der Waals surface area contributed by atoms with Gasteiger partial charge in [0.05, 0.1) is 10.3 Å². The molecular formula is C13H16BrN3O2S. The molecule has 0 unspecified atom stereocenters. The molecule has 0 saturated heterocycles. The number of hydrogen-bond acceptors (Lipinski definition) is 5. The zero-order valence-electron chi connectivity index (χ0n) is 11.3. The van der Waals surface area contributed by atoms with Gasteiger partial charge in [-0.05, 0) is 53.0 Å². The van der Waals surface area contributed by atoms with Gasteiger partial charge in [0.2, 0.25) is 0 Å². The third kappa shape index (κ3) is 3.69. The van der Waals surface area contributed by atoms with E-state index < -0.39 is 5.91 Å². The third-order valence-electron chi connectivity index (χ3n) is 2.81. The number of nitrogens with zero attached hydrogens (tertiary/aromatic N) is 1. The number of nitrogen functional groups attached to an aromatic ring is 1. The molecule has 1 amide bonds. The van der Waals surface area contributed by atoms with Crippen molar-refractivity contribution < 1.29 is 9.21 Å². The van der Waals surface area contributed by atoms with E-state index in [2.05, 4.69) is 37.7 Å². The zero-order chi connectivity index (χ0) is 14.7. The van der Waals surface area contributed by atoms with E-state index in [4.69, 9.17) is 10.3 Å². The molecule has 7 heteroatoms. The summed E-state index contributed by atoms with van der Waals surface area (Å²) in [5.41, 5.74) is 4.11. The lowest BCUT2D eigenvalue weighted by Gasteiger charge is -2.13. The summed E-state index contributed by atoms with van der Waals surface area (Å²) in [6.07, 6.45) is 0. The van der Waals surface area contributed by atoms with Gasteiger partial charge in [-0.1, -0.05) is 0 Å². The first-order chi connectivity index (χ1) is 9.49. The highest BCUT2D eigenvalue weighted by atomic mass is 79.9. The first-order valence-electron chi connectivity index (χ1n) is 6.01. The van der Waals surface area contributed by atoms with Crippen molar-refractivity contribution in [1.82, 2.24) is 10.3 Å². The standard InChI is InChI=1S/C13H16BrN3O2S/c1-8-3-10(19-12(8)13(18)16-15)6-17(2)5-9-4-11(14)20-7-9/h3-4,7H,5-6,15H2,1-2H3,(H,16,18). The number of furan rings is 1. The number of thiophene rings is 1. The topological polar surface area (TPSA) is 71.5 Å². The highest BCUT2D eigenvalue weighted by molar-refractivity contribution is 9.11. The Bertz CT molecular complexity index is 609. The van der Waals surface area contributed by atoms with Crippen LogP contribution < -0.4 is 11.3 Å². The lowest BCUT2D eigenvalue weighted by molar-refractivity contribution is 0.0921. The molecule has 0 spiro atoms. The lowest BCUT2D eigenvalue weighted by atomic mass is 10.2. The molecule has 0 saturated carbocycles. The lowest BCUT2D eigenvalue weighted by Crippen LogP contribution is -2.30. The molecule has 3 N–H and O–H groups in total. The molecule has 108 valence electrons. The summed E-state index contributed by atoms with van der Waals surface area (Å²) in [5, 5.41) is 2.11. The van der Waals surface area contributed by atoms with E-state index in [1.54, 1.807) is 11.3 Å². The summed E-state index contributed by atoms with van der Waals surface area (Å²) in [4.78, 5) is 13.6. The van der Waals surface area contributed by atoms with Crippen molar-refractivity contribution >= 4 is 33.2 Å². The predicted molar refractivity (Wildman–Crippen MR) is 82.3 cm³/mol. The molecule has 2 aromatic heterocycles. The number of amides is 1. The Balaban J connectivity index is 2.01. The summed E-state index contributed by atoms with van der Waals surface area (Å²) in [7, 11) is 2.01. The summed E-state index contributed by atoms with van der Waals surface area (Å²) >= 11 is 5.12. The van der Waals surface area contributed by atoms with Crippen molar-refractivity contribution in [3.05, 3.63) is 43.9 Å². The first-order valence-corrected chi connectivity index (χ1v) is 7.68. The van der Waals surface area contributed by atoms with Crippen LogP contribution in [0.1, 0.15) is 27.4 Å². The fraction of sp³-hybridized carbons (Fsp3) is 0.308. The minimum atomic E-state index is -0.404. The van der Waals surface area contributed by atoms with Crippen LogP contribution in [-0.2, 0) is 13.1 Å². The van der Waals surface area contributed by atoms with Gasteiger partial charge in [-0.25, -0.2) is 5.84 Å². The van der Waals surface area contributed by atoms with Crippen LogP contribution >= 0.6 is 27.3 Å². The predicted octanol–water partition coefficient (Wildman–Crippen LogP) is 2.65. The molecule has 0 aliphatic carbocycles. The highest BCUT2D eigenvalue weighted by Gasteiger charge is 2.15. The van der Waals surface area contributed by atoms with Crippen LogP contribution in [0.4, 0.5) is 0 Å². The number of rotatable bonds is 5. The molecule has 0 aromatic carbocycles. The number of aryl methyl sites for hydroxylation is 1. The molecular weight excluding hydrogens is 342 g/mol. The molecule has 0 aliphatic rings. The Kier molecular flexibility index (Phi) is 4.98. The van der Waals surface area contributed by atoms with Gasteiger partial charge in [-0.15, -0.1) is 11.3 Å². The third-order valence-corrected chi connectivity index (χ3v) is 4.36. The molecule has 5 nitrogen and oxygen atoms in total. The summed E-state index contributed by atoms with van der Waals surface area (Å²) in [6, 6.07) is 3.96. The van der Waals surface area contributed by atoms with Crippen molar-refractivity contribution in [2.45, 2.75) is 20.0 Å². The average molecular weight is 358 g/mol. The van der Waals surface area contributed by atoms with Crippen LogP contribution in [-0.4, -0.2) is 17.9 Å². The highest BCUT2D eigenvalue weighted by Crippen LogP contribution is 2.22.